The number of hydrogen-bond acceptors (Lipinski definition) is 3. The molecule has 0 fully saturated rings. The van der Waals surface area contributed by atoms with E-state index in [0.717, 1.165) is 17.3 Å². The second-order valence-electron chi connectivity index (χ2n) is 2.79. The molecule has 1 aromatic carbocycles. The Kier molecular flexibility index (Phi) is 5.58. The summed E-state index contributed by atoms with van der Waals surface area (Å²) >= 11 is 3.22. The average Bonchev–Trinajstić information content (AvgIpc) is 2.24. The maximum atomic E-state index is 8.50. The molecule has 0 aliphatic heterocycles. The number of nitrogens with zero attached hydrogens (tertiary/aromatic N) is 1. The smallest absolute Gasteiger partial charge is 0.133 e. The first-order valence-electron chi connectivity index (χ1n) is 4.54. The van der Waals surface area contributed by atoms with Gasteiger partial charge < -0.3 is 0 Å². The highest BCUT2D eigenvalue weighted by atomic mass is 32.2. The van der Waals surface area contributed by atoms with Crippen LogP contribution in [0.25, 0.3) is 0 Å². The van der Waals surface area contributed by atoms with E-state index >= 15 is 0 Å². The fraction of sp³-hybridized carbons (Fsp3) is 0.364. The van der Waals surface area contributed by atoms with Crippen molar-refractivity contribution in [2.24, 2.45) is 0 Å². The molecule has 0 aliphatic rings. The third-order valence-electron chi connectivity index (χ3n) is 1.87. The first kappa shape index (κ1) is 11.5. The summed E-state index contributed by atoms with van der Waals surface area (Å²) < 4.78 is 0. The molecule has 1 nitrogen and oxygen atoms in total. The van der Waals surface area contributed by atoms with Crippen molar-refractivity contribution in [2.45, 2.75) is 18.4 Å². The van der Waals surface area contributed by atoms with Gasteiger partial charge in [0.25, 0.3) is 0 Å². The second kappa shape index (κ2) is 6.80. The second-order valence-corrected chi connectivity index (χ2v) is 4.82. The van der Waals surface area contributed by atoms with Crippen molar-refractivity contribution in [2.75, 3.05) is 5.75 Å². The van der Waals surface area contributed by atoms with Gasteiger partial charge in [0.1, 0.15) is 5.40 Å². The topological polar surface area (TPSA) is 23.8 Å². The molecular weight excluding hydrogens is 210 g/mol. The molecule has 0 atom stereocenters. The van der Waals surface area contributed by atoms with Crippen molar-refractivity contribution in [3.8, 4) is 5.40 Å². The van der Waals surface area contributed by atoms with E-state index in [4.69, 9.17) is 5.26 Å². The predicted octanol–water partition coefficient (Wildman–Crippen LogP) is 3.65. The normalized spacial score (nSPS) is 9.71. The zero-order valence-corrected chi connectivity index (χ0v) is 9.83. The van der Waals surface area contributed by atoms with Crippen molar-refractivity contribution >= 4 is 23.5 Å². The number of nitriles is 1. The molecule has 0 aromatic heterocycles. The van der Waals surface area contributed by atoms with Crippen molar-refractivity contribution in [3.63, 3.8) is 0 Å². The van der Waals surface area contributed by atoms with Crippen molar-refractivity contribution in [1.29, 1.82) is 5.26 Å². The fourth-order valence-electron chi connectivity index (χ4n) is 1.16. The van der Waals surface area contributed by atoms with Crippen LogP contribution < -0.4 is 0 Å². The van der Waals surface area contributed by atoms with Gasteiger partial charge in [0.2, 0.25) is 0 Å². The molecule has 74 valence electrons. The van der Waals surface area contributed by atoms with Gasteiger partial charge in [-0.05, 0) is 28.6 Å². The highest BCUT2D eigenvalue weighted by Crippen LogP contribution is 2.20. The molecule has 0 saturated heterocycles. The molecule has 1 rings (SSSR count). The van der Waals surface area contributed by atoms with E-state index in [1.54, 1.807) is 0 Å². The van der Waals surface area contributed by atoms with E-state index in [1.165, 1.54) is 22.9 Å². The summed E-state index contributed by atoms with van der Waals surface area (Å²) in [7, 11) is 0. The predicted molar refractivity (Wildman–Crippen MR) is 65.2 cm³/mol. The van der Waals surface area contributed by atoms with Crippen LogP contribution in [0.2, 0.25) is 0 Å². The molecule has 14 heavy (non-hydrogen) atoms. The number of hydrogen-bond donors (Lipinski definition) is 0. The van der Waals surface area contributed by atoms with Gasteiger partial charge in [-0.25, -0.2) is 0 Å². The Morgan fingerprint density at radius 3 is 2.43 bits per heavy atom. The van der Waals surface area contributed by atoms with Crippen LogP contribution in [0.5, 0.6) is 0 Å². The minimum absolute atomic E-state index is 0.803. The van der Waals surface area contributed by atoms with E-state index in [9.17, 15) is 0 Å². The van der Waals surface area contributed by atoms with Crippen LogP contribution in [-0.4, -0.2) is 5.75 Å². The molecule has 0 amide bonds. The van der Waals surface area contributed by atoms with Gasteiger partial charge in [0.15, 0.2) is 0 Å². The summed E-state index contributed by atoms with van der Waals surface area (Å²) in [6, 6.07) is 8.35. The average molecular weight is 223 g/mol. The number of benzene rings is 1. The number of rotatable bonds is 5. The molecule has 0 heterocycles. The van der Waals surface area contributed by atoms with Crippen LogP contribution in [0.3, 0.4) is 0 Å². The first-order chi connectivity index (χ1) is 6.88. The zero-order valence-electron chi connectivity index (χ0n) is 8.19. The van der Waals surface area contributed by atoms with Gasteiger partial charge >= 0.3 is 0 Å². The van der Waals surface area contributed by atoms with Crippen LogP contribution >= 0.6 is 23.5 Å². The Morgan fingerprint density at radius 2 is 1.86 bits per heavy atom. The molecule has 0 N–H and O–H groups in total. The SMILES string of the molecule is CCSCc1ccccc1CSC#N. The summed E-state index contributed by atoms with van der Waals surface area (Å²) in [4.78, 5) is 0. The largest absolute Gasteiger partial charge is 0.185 e. The lowest BCUT2D eigenvalue weighted by Gasteiger charge is -2.06. The Morgan fingerprint density at radius 1 is 1.21 bits per heavy atom. The third-order valence-corrected chi connectivity index (χ3v) is 3.38. The van der Waals surface area contributed by atoms with Crippen LogP contribution in [0.1, 0.15) is 18.1 Å². The van der Waals surface area contributed by atoms with Gasteiger partial charge in [-0.2, -0.15) is 17.0 Å². The van der Waals surface area contributed by atoms with Crippen LogP contribution in [0.15, 0.2) is 24.3 Å². The van der Waals surface area contributed by atoms with Crippen molar-refractivity contribution in [3.05, 3.63) is 35.4 Å². The lowest BCUT2D eigenvalue weighted by atomic mass is 10.1. The fourth-order valence-corrected chi connectivity index (χ4v) is 2.37. The Labute approximate surface area is 93.9 Å². The molecule has 0 spiro atoms. The van der Waals surface area contributed by atoms with E-state index in [1.807, 2.05) is 17.8 Å². The minimum atomic E-state index is 0.803. The maximum absolute atomic E-state index is 8.50. The summed E-state index contributed by atoms with van der Waals surface area (Å²) in [5.41, 5.74) is 2.65. The summed E-state index contributed by atoms with van der Waals surface area (Å²) in [6.07, 6.45) is 0. The van der Waals surface area contributed by atoms with Crippen molar-refractivity contribution in [1.82, 2.24) is 0 Å². The van der Waals surface area contributed by atoms with Crippen LogP contribution in [-0.2, 0) is 11.5 Å². The highest BCUT2D eigenvalue weighted by molar-refractivity contribution is 8.03. The minimum Gasteiger partial charge on any atom is -0.185 e. The Balaban J connectivity index is 2.65. The molecule has 3 heteroatoms. The quantitative estimate of drug-likeness (QED) is 0.712. The molecule has 0 saturated carbocycles. The molecule has 0 aliphatic carbocycles. The molecule has 0 bridgehead atoms. The van der Waals surface area contributed by atoms with E-state index in [0.29, 0.717) is 0 Å². The standard InChI is InChI=1S/C11H13NS2/c1-2-13-7-10-5-3-4-6-11(10)8-14-9-12/h3-6H,2,7-8H2,1H3. The lowest BCUT2D eigenvalue weighted by Crippen LogP contribution is -1.89. The summed E-state index contributed by atoms with van der Waals surface area (Å²) in [5, 5.41) is 10.6. The van der Waals surface area contributed by atoms with E-state index in [-0.39, 0.29) is 0 Å². The lowest BCUT2D eigenvalue weighted by molar-refractivity contribution is 1.28. The summed E-state index contributed by atoms with van der Waals surface area (Å²) in [5.74, 6) is 3.00. The number of thiocyanates is 1. The van der Waals surface area contributed by atoms with Gasteiger partial charge in [-0.15, -0.1) is 0 Å². The van der Waals surface area contributed by atoms with Gasteiger partial charge in [-0.3, -0.25) is 0 Å². The third kappa shape index (κ3) is 3.65. The van der Waals surface area contributed by atoms with Gasteiger partial charge in [0.05, 0.1) is 0 Å². The van der Waals surface area contributed by atoms with Crippen LogP contribution in [0, 0.1) is 10.7 Å². The highest BCUT2D eigenvalue weighted by Gasteiger charge is 2.00. The molecule has 0 radical (unpaired) electrons. The first-order valence-corrected chi connectivity index (χ1v) is 6.68. The summed E-state index contributed by atoms with van der Waals surface area (Å²) in [6.45, 7) is 2.16. The Hall–Kier alpha value is -0.590. The van der Waals surface area contributed by atoms with Gasteiger partial charge in [0, 0.05) is 11.5 Å². The molecular formula is C11H13NS2. The maximum Gasteiger partial charge on any atom is 0.133 e. The monoisotopic (exact) mass is 223 g/mol. The molecule has 1 aromatic rings. The van der Waals surface area contributed by atoms with E-state index in [2.05, 4.69) is 30.5 Å². The van der Waals surface area contributed by atoms with Crippen LogP contribution in [0.4, 0.5) is 0 Å². The molecule has 0 unspecified atom stereocenters. The van der Waals surface area contributed by atoms with Gasteiger partial charge in [-0.1, -0.05) is 31.2 Å². The van der Waals surface area contributed by atoms with Crippen molar-refractivity contribution < 1.29 is 0 Å². The Bertz CT molecular complexity index is 317. The van der Waals surface area contributed by atoms with E-state index < -0.39 is 0 Å². The number of thioether (sulfide) groups is 2. The zero-order chi connectivity index (χ0) is 10.2.